The highest BCUT2D eigenvalue weighted by atomic mass is 19.4. The first-order valence-corrected chi connectivity index (χ1v) is 6.00. The zero-order valence-electron chi connectivity index (χ0n) is 11.2. The Kier molecular flexibility index (Phi) is 3.65. The van der Waals surface area contributed by atoms with Crippen LogP contribution in [0.15, 0.2) is 18.6 Å². The summed E-state index contributed by atoms with van der Waals surface area (Å²) in [6, 6.07) is 0.922. The van der Waals surface area contributed by atoms with Crippen LogP contribution in [0.3, 0.4) is 0 Å². The number of nitrogens with one attached hydrogen (secondary N) is 1. The van der Waals surface area contributed by atoms with Crippen molar-refractivity contribution < 1.29 is 13.2 Å². The summed E-state index contributed by atoms with van der Waals surface area (Å²) in [5.41, 5.74) is -0.233. The standard InChI is InChI=1S/C12H14F3N5/c1-7(2)9-10(16-3)17-6-18-11(9)20-5-4-8(19-20)12(13,14)15/h4-7H,1-3H3,(H,16,17,18). The van der Waals surface area contributed by atoms with Crippen molar-refractivity contribution in [2.75, 3.05) is 12.4 Å². The predicted molar refractivity (Wildman–Crippen MR) is 67.8 cm³/mol. The molecule has 0 aromatic carbocycles. The van der Waals surface area contributed by atoms with Crippen LogP contribution in [0.25, 0.3) is 5.82 Å². The maximum Gasteiger partial charge on any atom is 0.435 e. The first kappa shape index (κ1) is 14.3. The molecule has 0 amide bonds. The second-order valence-corrected chi connectivity index (χ2v) is 4.51. The number of aromatic nitrogens is 4. The molecule has 2 heterocycles. The molecule has 0 saturated carbocycles. The Hall–Kier alpha value is -2.12. The van der Waals surface area contributed by atoms with Crippen LogP contribution >= 0.6 is 0 Å². The van der Waals surface area contributed by atoms with Crippen molar-refractivity contribution in [1.29, 1.82) is 0 Å². The molecular formula is C12H14F3N5. The molecule has 20 heavy (non-hydrogen) atoms. The molecule has 2 aromatic heterocycles. The highest BCUT2D eigenvalue weighted by molar-refractivity contribution is 5.53. The van der Waals surface area contributed by atoms with E-state index in [9.17, 15) is 13.2 Å². The van der Waals surface area contributed by atoms with Gasteiger partial charge in [-0.3, -0.25) is 0 Å². The van der Waals surface area contributed by atoms with Gasteiger partial charge in [-0.25, -0.2) is 14.6 Å². The van der Waals surface area contributed by atoms with Crippen LogP contribution < -0.4 is 5.32 Å². The first-order chi connectivity index (χ1) is 9.34. The van der Waals surface area contributed by atoms with Crippen molar-refractivity contribution in [3.8, 4) is 5.82 Å². The van der Waals surface area contributed by atoms with Gasteiger partial charge in [-0.15, -0.1) is 0 Å². The molecule has 0 radical (unpaired) electrons. The summed E-state index contributed by atoms with van der Waals surface area (Å²) in [5.74, 6) is 0.955. The van der Waals surface area contributed by atoms with E-state index in [0.29, 0.717) is 17.2 Å². The van der Waals surface area contributed by atoms with Gasteiger partial charge in [0, 0.05) is 18.8 Å². The molecule has 0 bridgehead atoms. The van der Waals surface area contributed by atoms with Gasteiger partial charge in [-0.2, -0.15) is 18.3 Å². The van der Waals surface area contributed by atoms with Crippen molar-refractivity contribution in [3.05, 3.63) is 29.8 Å². The lowest BCUT2D eigenvalue weighted by Crippen LogP contribution is -2.12. The minimum atomic E-state index is -4.47. The SMILES string of the molecule is CNc1ncnc(-n2ccc(C(F)(F)F)n2)c1C(C)C. The van der Waals surface area contributed by atoms with Gasteiger partial charge in [-0.1, -0.05) is 13.8 Å². The van der Waals surface area contributed by atoms with Crippen molar-refractivity contribution >= 4 is 5.82 Å². The number of rotatable bonds is 3. The minimum Gasteiger partial charge on any atom is -0.373 e. The Morgan fingerprint density at radius 3 is 2.45 bits per heavy atom. The molecular weight excluding hydrogens is 271 g/mol. The fourth-order valence-corrected chi connectivity index (χ4v) is 1.89. The third-order valence-electron chi connectivity index (χ3n) is 2.77. The largest absolute Gasteiger partial charge is 0.435 e. The molecule has 0 spiro atoms. The molecule has 0 aliphatic heterocycles. The Labute approximate surface area is 113 Å². The highest BCUT2D eigenvalue weighted by Gasteiger charge is 2.34. The molecule has 8 heteroatoms. The van der Waals surface area contributed by atoms with Gasteiger partial charge in [0.2, 0.25) is 0 Å². The molecule has 0 aliphatic carbocycles. The summed E-state index contributed by atoms with van der Waals surface area (Å²) in [7, 11) is 1.70. The second kappa shape index (κ2) is 5.10. The van der Waals surface area contributed by atoms with E-state index in [4.69, 9.17) is 0 Å². The number of anilines is 1. The van der Waals surface area contributed by atoms with Gasteiger partial charge in [-0.05, 0) is 12.0 Å². The molecule has 108 valence electrons. The topological polar surface area (TPSA) is 55.6 Å². The summed E-state index contributed by atoms with van der Waals surface area (Å²) in [5, 5.41) is 6.45. The molecule has 0 unspecified atom stereocenters. The molecule has 0 aliphatic rings. The number of halogens is 3. The van der Waals surface area contributed by atoms with Crippen molar-refractivity contribution in [3.63, 3.8) is 0 Å². The Morgan fingerprint density at radius 2 is 1.95 bits per heavy atom. The van der Waals surface area contributed by atoms with Crippen LogP contribution in [0.4, 0.5) is 19.0 Å². The van der Waals surface area contributed by atoms with Crippen molar-refractivity contribution in [2.24, 2.45) is 0 Å². The van der Waals surface area contributed by atoms with Crippen LogP contribution in [0.5, 0.6) is 0 Å². The lowest BCUT2D eigenvalue weighted by molar-refractivity contribution is -0.141. The quantitative estimate of drug-likeness (QED) is 0.942. The number of hydrogen-bond acceptors (Lipinski definition) is 4. The maximum absolute atomic E-state index is 12.6. The Balaban J connectivity index is 2.55. The van der Waals surface area contributed by atoms with Crippen LogP contribution in [0, 0.1) is 0 Å². The third-order valence-corrected chi connectivity index (χ3v) is 2.77. The van der Waals surface area contributed by atoms with E-state index >= 15 is 0 Å². The zero-order valence-corrected chi connectivity index (χ0v) is 11.2. The molecule has 2 rings (SSSR count). The van der Waals surface area contributed by atoms with E-state index in [1.165, 1.54) is 12.5 Å². The molecule has 0 fully saturated rings. The predicted octanol–water partition coefficient (Wildman–Crippen LogP) is 2.85. The smallest absolute Gasteiger partial charge is 0.373 e. The average Bonchev–Trinajstić information content (AvgIpc) is 2.86. The lowest BCUT2D eigenvalue weighted by atomic mass is 10.0. The molecule has 0 saturated heterocycles. The van der Waals surface area contributed by atoms with E-state index in [-0.39, 0.29) is 5.92 Å². The van der Waals surface area contributed by atoms with Crippen LogP contribution in [-0.2, 0) is 6.18 Å². The number of alkyl halides is 3. The van der Waals surface area contributed by atoms with Crippen LogP contribution in [0.2, 0.25) is 0 Å². The monoisotopic (exact) mass is 285 g/mol. The third kappa shape index (κ3) is 2.59. The molecule has 1 N–H and O–H groups in total. The number of hydrogen-bond donors (Lipinski definition) is 1. The normalized spacial score (nSPS) is 11.9. The van der Waals surface area contributed by atoms with Gasteiger partial charge < -0.3 is 5.32 Å². The molecule has 0 atom stereocenters. The minimum absolute atomic E-state index is 0.0344. The Morgan fingerprint density at radius 1 is 1.25 bits per heavy atom. The summed E-state index contributed by atoms with van der Waals surface area (Å²) in [6.07, 6.45) is -1.93. The Bertz CT molecular complexity index is 603. The second-order valence-electron chi connectivity index (χ2n) is 4.51. The van der Waals surface area contributed by atoms with Gasteiger partial charge in [0.1, 0.15) is 12.1 Å². The van der Waals surface area contributed by atoms with E-state index in [1.807, 2.05) is 13.8 Å². The van der Waals surface area contributed by atoms with E-state index in [2.05, 4.69) is 20.4 Å². The van der Waals surface area contributed by atoms with Crippen molar-refractivity contribution in [1.82, 2.24) is 19.7 Å². The van der Waals surface area contributed by atoms with Gasteiger partial charge in [0.15, 0.2) is 11.5 Å². The highest BCUT2D eigenvalue weighted by Crippen LogP contribution is 2.30. The van der Waals surface area contributed by atoms with Crippen LogP contribution in [-0.4, -0.2) is 26.8 Å². The molecule has 2 aromatic rings. The van der Waals surface area contributed by atoms with E-state index in [1.54, 1.807) is 7.05 Å². The van der Waals surface area contributed by atoms with E-state index < -0.39 is 11.9 Å². The summed E-state index contributed by atoms with van der Waals surface area (Å²) in [4.78, 5) is 8.13. The van der Waals surface area contributed by atoms with Crippen molar-refractivity contribution in [2.45, 2.75) is 25.9 Å². The van der Waals surface area contributed by atoms with Gasteiger partial charge in [0.05, 0.1) is 0 Å². The fraction of sp³-hybridized carbons (Fsp3) is 0.417. The maximum atomic E-state index is 12.6. The zero-order chi connectivity index (χ0) is 14.9. The summed E-state index contributed by atoms with van der Waals surface area (Å²) in [6.45, 7) is 3.83. The van der Waals surface area contributed by atoms with Gasteiger partial charge >= 0.3 is 6.18 Å². The summed E-state index contributed by atoms with van der Waals surface area (Å²) < 4.78 is 38.9. The average molecular weight is 285 g/mol. The van der Waals surface area contributed by atoms with Crippen LogP contribution in [0.1, 0.15) is 31.0 Å². The van der Waals surface area contributed by atoms with E-state index in [0.717, 1.165) is 10.7 Å². The lowest BCUT2D eigenvalue weighted by Gasteiger charge is -2.15. The first-order valence-electron chi connectivity index (χ1n) is 6.00. The van der Waals surface area contributed by atoms with Gasteiger partial charge in [0.25, 0.3) is 0 Å². The molecule has 5 nitrogen and oxygen atoms in total. The number of nitrogens with zero attached hydrogens (tertiary/aromatic N) is 4. The summed E-state index contributed by atoms with van der Waals surface area (Å²) >= 11 is 0. The fourth-order valence-electron chi connectivity index (χ4n) is 1.89.